The first-order chi connectivity index (χ1) is 9.74. The molecule has 0 saturated heterocycles. The Hall–Kier alpha value is -1.80. The van der Waals surface area contributed by atoms with Crippen LogP contribution < -0.4 is 10.1 Å². The van der Waals surface area contributed by atoms with Gasteiger partial charge in [-0.25, -0.2) is 0 Å². The molecule has 2 aromatic rings. The standard InChI is InChI=1S/C18H23NO/c1-4-19-18(15-8-6-14(3)7-9-15)16-10-12-17(13-11-16)20-5-2/h6-13,18-19H,4-5H2,1-3H3. The molecule has 106 valence electrons. The molecule has 0 bridgehead atoms. The van der Waals surface area contributed by atoms with Gasteiger partial charge in [-0.2, -0.15) is 0 Å². The summed E-state index contributed by atoms with van der Waals surface area (Å²) >= 11 is 0. The summed E-state index contributed by atoms with van der Waals surface area (Å²) in [6.45, 7) is 7.89. The molecule has 1 N–H and O–H groups in total. The summed E-state index contributed by atoms with van der Waals surface area (Å²) in [6, 6.07) is 17.3. The highest BCUT2D eigenvalue weighted by Crippen LogP contribution is 2.24. The Bertz CT molecular complexity index is 516. The van der Waals surface area contributed by atoms with Crippen molar-refractivity contribution in [1.82, 2.24) is 5.32 Å². The molecule has 0 heterocycles. The van der Waals surface area contributed by atoms with Crippen LogP contribution in [0.5, 0.6) is 5.75 Å². The van der Waals surface area contributed by atoms with Gasteiger partial charge in [0.25, 0.3) is 0 Å². The Morgan fingerprint density at radius 2 is 1.45 bits per heavy atom. The van der Waals surface area contributed by atoms with Crippen molar-refractivity contribution in [1.29, 1.82) is 0 Å². The van der Waals surface area contributed by atoms with Gasteiger partial charge in [0.15, 0.2) is 0 Å². The van der Waals surface area contributed by atoms with Crippen LogP contribution in [0.2, 0.25) is 0 Å². The van der Waals surface area contributed by atoms with Crippen LogP contribution >= 0.6 is 0 Å². The van der Waals surface area contributed by atoms with Crippen LogP contribution in [-0.4, -0.2) is 13.2 Å². The summed E-state index contributed by atoms with van der Waals surface area (Å²) in [7, 11) is 0. The number of hydrogen-bond donors (Lipinski definition) is 1. The van der Waals surface area contributed by atoms with Gasteiger partial charge >= 0.3 is 0 Å². The lowest BCUT2D eigenvalue weighted by atomic mass is 9.98. The normalized spacial score (nSPS) is 12.2. The summed E-state index contributed by atoms with van der Waals surface area (Å²) in [5.41, 5.74) is 3.84. The fraction of sp³-hybridized carbons (Fsp3) is 0.333. The Labute approximate surface area is 121 Å². The molecule has 2 aromatic carbocycles. The minimum atomic E-state index is 0.233. The van der Waals surface area contributed by atoms with E-state index in [0.717, 1.165) is 12.3 Å². The van der Waals surface area contributed by atoms with Crippen molar-refractivity contribution in [2.75, 3.05) is 13.2 Å². The predicted octanol–water partition coefficient (Wildman–Crippen LogP) is 4.09. The minimum Gasteiger partial charge on any atom is -0.494 e. The van der Waals surface area contributed by atoms with Gasteiger partial charge in [0.2, 0.25) is 0 Å². The molecule has 0 spiro atoms. The van der Waals surface area contributed by atoms with Crippen molar-refractivity contribution in [2.24, 2.45) is 0 Å². The summed E-state index contributed by atoms with van der Waals surface area (Å²) in [6.07, 6.45) is 0. The van der Waals surface area contributed by atoms with E-state index in [9.17, 15) is 0 Å². The second-order valence-corrected chi connectivity index (χ2v) is 4.90. The molecule has 1 atom stereocenters. The highest BCUT2D eigenvalue weighted by Gasteiger charge is 2.12. The van der Waals surface area contributed by atoms with Gasteiger partial charge in [0.1, 0.15) is 5.75 Å². The maximum Gasteiger partial charge on any atom is 0.119 e. The zero-order valence-electron chi connectivity index (χ0n) is 12.5. The molecule has 0 aliphatic heterocycles. The van der Waals surface area contributed by atoms with Gasteiger partial charge < -0.3 is 10.1 Å². The van der Waals surface area contributed by atoms with Crippen molar-refractivity contribution >= 4 is 0 Å². The monoisotopic (exact) mass is 269 g/mol. The first kappa shape index (κ1) is 14.6. The lowest BCUT2D eigenvalue weighted by molar-refractivity contribution is 0.340. The molecule has 2 heteroatoms. The third-order valence-corrected chi connectivity index (χ3v) is 3.34. The lowest BCUT2D eigenvalue weighted by Crippen LogP contribution is -2.21. The van der Waals surface area contributed by atoms with E-state index in [4.69, 9.17) is 4.74 Å². The second kappa shape index (κ2) is 7.11. The summed E-state index contributed by atoms with van der Waals surface area (Å²) in [5.74, 6) is 0.926. The number of ether oxygens (including phenoxy) is 1. The Balaban J connectivity index is 2.25. The third-order valence-electron chi connectivity index (χ3n) is 3.34. The number of nitrogens with one attached hydrogen (secondary N) is 1. The van der Waals surface area contributed by atoms with Gasteiger partial charge in [-0.05, 0) is 43.7 Å². The summed E-state index contributed by atoms with van der Waals surface area (Å²) in [5, 5.41) is 3.55. The van der Waals surface area contributed by atoms with Crippen molar-refractivity contribution < 1.29 is 4.74 Å². The molecule has 0 fully saturated rings. The van der Waals surface area contributed by atoms with E-state index < -0.39 is 0 Å². The van der Waals surface area contributed by atoms with E-state index in [1.165, 1.54) is 16.7 Å². The number of hydrogen-bond acceptors (Lipinski definition) is 2. The van der Waals surface area contributed by atoms with Crippen LogP contribution in [0.15, 0.2) is 48.5 Å². The van der Waals surface area contributed by atoms with E-state index in [2.05, 4.69) is 55.6 Å². The lowest BCUT2D eigenvalue weighted by Gasteiger charge is -2.19. The second-order valence-electron chi connectivity index (χ2n) is 4.90. The summed E-state index contributed by atoms with van der Waals surface area (Å²) < 4.78 is 5.50. The molecule has 2 rings (SSSR count). The smallest absolute Gasteiger partial charge is 0.119 e. The maximum atomic E-state index is 5.50. The van der Waals surface area contributed by atoms with Crippen molar-refractivity contribution in [2.45, 2.75) is 26.8 Å². The van der Waals surface area contributed by atoms with E-state index >= 15 is 0 Å². The zero-order valence-corrected chi connectivity index (χ0v) is 12.5. The van der Waals surface area contributed by atoms with Gasteiger partial charge in [0, 0.05) is 0 Å². The largest absolute Gasteiger partial charge is 0.494 e. The Kier molecular flexibility index (Phi) is 5.19. The fourth-order valence-electron chi connectivity index (χ4n) is 2.31. The Morgan fingerprint density at radius 3 is 1.95 bits per heavy atom. The molecule has 2 nitrogen and oxygen atoms in total. The van der Waals surface area contributed by atoms with Crippen LogP contribution in [0.25, 0.3) is 0 Å². The number of aryl methyl sites for hydroxylation is 1. The molecular formula is C18H23NO. The third kappa shape index (κ3) is 3.61. The van der Waals surface area contributed by atoms with Crippen LogP contribution in [-0.2, 0) is 0 Å². The molecule has 0 radical (unpaired) electrons. The molecular weight excluding hydrogens is 246 g/mol. The van der Waals surface area contributed by atoms with Crippen LogP contribution in [0.1, 0.15) is 36.6 Å². The van der Waals surface area contributed by atoms with Crippen molar-refractivity contribution in [3.8, 4) is 5.75 Å². The molecule has 1 unspecified atom stereocenters. The molecule has 0 saturated carbocycles. The average Bonchev–Trinajstić information content (AvgIpc) is 2.47. The molecule has 20 heavy (non-hydrogen) atoms. The van der Waals surface area contributed by atoms with Gasteiger partial charge in [-0.3, -0.25) is 0 Å². The maximum absolute atomic E-state index is 5.50. The Morgan fingerprint density at radius 1 is 0.900 bits per heavy atom. The number of rotatable bonds is 6. The van der Waals surface area contributed by atoms with E-state index in [-0.39, 0.29) is 6.04 Å². The van der Waals surface area contributed by atoms with Crippen LogP contribution in [0, 0.1) is 6.92 Å². The van der Waals surface area contributed by atoms with Crippen molar-refractivity contribution in [3.05, 3.63) is 65.2 Å². The zero-order chi connectivity index (χ0) is 14.4. The first-order valence-electron chi connectivity index (χ1n) is 7.27. The van der Waals surface area contributed by atoms with Gasteiger partial charge in [-0.15, -0.1) is 0 Å². The SMILES string of the molecule is CCNC(c1ccc(C)cc1)c1ccc(OCC)cc1. The van der Waals surface area contributed by atoms with Gasteiger partial charge in [0.05, 0.1) is 12.6 Å². The van der Waals surface area contributed by atoms with Crippen molar-refractivity contribution in [3.63, 3.8) is 0 Å². The quantitative estimate of drug-likeness (QED) is 0.852. The fourth-order valence-corrected chi connectivity index (χ4v) is 2.31. The van der Waals surface area contributed by atoms with Gasteiger partial charge in [-0.1, -0.05) is 48.9 Å². The minimum absolute atomic E-state index is 0.233. The summed E-state index contributed by atoms with van der Waals surface area (Å²) in [4.78, 5) is 0. The van der Waals surface area contributed by atoms with Crippen LogP contribution in [0.3, 0.4) is 0 Å². The average molecular weight is 269 g/mol. The van der Waals surface area contributed by atoms with E-state index in [1.54, 1.807) is 0 Å². The topological polar surface area (TPSA) is 21.3 Å². The molecule has 0 aromatic heterocycles. The number of benzene rings is 2. The molecule has 0 aliphatic carbocycles. The highest BCUT2D eigenvalue weighted by atomic mass is 16.5. The van der Waals surface area contributed by atoms with E-state index in [0.29, 0.717) is 6.61 Å². The molecule has 0 amide bonds. The highest BCUT2D eigenvalue weighted by molar-refractivity contribution is 5.36. The predicted molar refractivity (Wildman–Crippen MR) is 84.3 cm³/mol. The molecule has 0 aliphatic rings. The van der Waals surface area contributed by atoms with Crippen LogP contribution in [0.4, 0.5) is 0 Å². The first-order valence-corrected chi connectivity index (χ1v) is 7.27. The van der Waals surface area contributed by atoms with E-state index in [1.807, 2.05) is 19.1 Å².